The Bertz CT molecular complexity index is 1010. The number of allylic oxidation sites excluding steroid dienone is 1. The molecule has 2 heterocycles. The van der Waals surface area contributed by atoms with Crippen molar-refractivity contribution in [3.05, 3.63) is 81.9 Å². The van der Waals surface area contributed by atoms with Crippen molar-refractivity contribution in [3.8, 4) is 5.88 Å². The summed E-state index contributed by atoms with van der Waals surface area (Å²) in [5.74, 6) is -0.0749. The van der Waals surface area contributed by atoms with E-state index in [-0.39, 0.29) is 11.6 Å². The van der Waals surface area contributed by atoms with E-state index >= 15 is 0 Å². The zero-order valence-electron chi connectivity index (χ0n) is 12.8. The first-order valence-corrected chi connectivity index (χ1v) is 7.63. The second-order valence-corrected chi connectivity index (χ2v) is 5.61. The fourth-order valence-electron chi connectivity index (χ4n) is 2.80. The van der Waals surface area contributed by atoms with Gasteiger partial charge < -0.3 is 10.1 Å². The number of hydrogen-bond acceptors (Lipinski definition) is 3. The first-order chi connectivity index (χ1) is 11.7. The van der Waals surface area contributed by atoms with Crippen LogP contribution < -0.4 is 5.69 Å². The minimum atomic E-state index is -0.341. The molecule has 0 aliphatic carbocycles. The molecule has 1 aromatic heterocycles. The highest BCUT2D eigenvalue weighted by Crippen LogP contribution is 2.32. The topological polar surface area (TPSA) is 70.4 Å². The van der Waals surface area contributed by atoms with Crippen molar-refractivity contribution in [2.75, 3.05) is 0 Å². The molecule has 5 heteroatoms. The molecule has 0 radical (unpaired) electrons. The largest absolute Gasteiger partial charge is 0.493 e. The molecule has 2 aromatic carbocycles. The summed E-state index contributed by atoms with van der Waals surface area (Å²) in [5, 5.41) is 10.4. The number of imidazole rings is 1. The highest BCUT2D eigenvalue weighted by Gasteiger charge is 2.15. The van der Waals surface area contributed by atoms with Crippen molar-refractivity contribution >= 4 is 23.6 Å². The third-order valence-electron chi connectivity index (χ3n) is 4.02. The van der Waals surface area contributed by atoms with Crippen LogP contribution in [0.3, 0.4) is 0 Å². The Kier molecular flexibility index (Phi) is 3.39. The summed E-state index contributed by atoms with van der Waals surface area (Å²) in [7, 11) is 0. The lowest BCUT2D eigenvalue weighted by atomic mass is 10.1. The van der Waals surface area contributed by atoms with E-state index in [0.717, 1.165) is 22.4 Å². The van der Waals surface area contributed by atoms with Crippen LogP contribution in [-0.2, 0) is 6.54 Å². The number of rotatable bonds is 3. The summed E-state index contributed by atoms with van der Waals surface area (Å²) >= 11 is 0. The van der Waals surface area contributed by atoms with Gasteiger partial charge in [0.1, 0.15) is 5.69 Å². The number of H-pyrrole nitrogens is 1. The Morgan fingerprint density at radius 3 is 2.67 bits per heavy atom. The lowest BCUT2D eigenvalue weighted by molar-refractivity contribution is 0.420. The Morgan fingerprint density at radius 2 is 1.83 bits per heavy atom. The first kappa shape index (κ1) is 14.3. The van der Waals surface area contributed by atoms with Crippen molar-refractivity contribution in [1.29, 1.82) is 0 Å². The molecule has 0 saturated heterocycles. The molecule has 0 saturated carbocycles. The molecule has 0 atom stereocenters. The fourth-order valence-corrected chi connectivity index (χ4v) is 2.80. The fraction of sp³-hybridized carbons (Fsp3) is 0.0526. The van der Waals surface area contributed by atoms with Crippen LogP contribution in [0.2, 0.25) is 0 Å². The van der Waals surface area contributed by atoms with E-state index in [4.69, 9.17) is 0 Å². The van der Waals surface area contributed by atoms with Gasteiger partial charge in [0, 0.05) is 17.4 Å². The molecule has 4 rings (SSSR count). The van der Waals surface area contributed by atoms with Crippen LogP contribution in [0.15, 0.2) is 64.4 Å². The predicted octanol–water partition coefficient (Wildman–Crippen LogP) is 3.19. The molecule has 3 aromatic rings. The van der Waals surface area contributed by atoms with Crippen LogP contribution in [0.1, 0.15) is 16.8 Å². The highest BCUT2D eigenvalue weighted by molar-refractivity contribution is 6.21. The molecule has 5 nitrogen and oxygen atoms in total. The van der Waals surface area contributed by atoms with E-state index in [9.17, 15) is 9.90 Å². The molecule has 118 valence electrons. The first-order valence-electron chi connectivity index (χ1n) is 7.63. The lowest BCUT2D eigenvalue weighted by Crippen LogP contribution is -2.17. The van der Waals surface area contributed by atoms with Crippen molar-refractivity contribution in [3.63, 3.8) is 0 Å². The van der Waals surface area contributed by atoms with Crippen molar-refractivity contribution < 1.29 is 5.11 Å². The van der Waals surface area contributed by atoms with E-state index in [1.807, 2.05) is 54.6 Å². The summed E-state index contributed by atoms with van der Waals surface area (Å²) in [5.41, 5.74) is 3.71. The molecule has 0 unspecified atom stereocenters. The van der Waals surface area contributed by atoms with Gasteiger partial charge in [-0.3, -0.25) is 9.56 Å². The van der Waals surface area contributed by atoms with E-state index in [1.165, 1.54) is 4.57 Å². The second-order valence-electron chi connectivity index (χ2n) is 5.61. The number of benzene rings is 2. The maximum absolute atomic E-state index is 12.2. The number of para-hydroxylation sites is 1. The van der Waals surface area contributed by atoms with E-state index in [1.54, 1.807) is 12.3 Å². The van der Waals surface area contributed by atoms with Gasteiger partial charge in [-0.25, -0.2) is 4.79 Å². The lowest BCUT2D eigenvalue weighted by Gasteiger charge is -2.03. The number of aromatic hydroxyl groups is 1. The average molecular weight is 317 g/mol. The molecule has 0 bridgehead atoms. The highest BCUT2D eigenvalue weighted by atomic mass is 16.3. The summed E-state index contributed by atoms with van der Waals surface area (Å²) in [6, 6.07) is 17.3. The minimum Gasteiger partial charge on any atom is -0.493 e. The maximum Gasteiger partial charge on any atom is 0.329 e. The van der Waals surface area contributed by atoms with Gasteiger partial charge in [0.25, 0.3) is 0 Å². The number of aliphatic imine (C=N–C) groups is 1. The molecule has 1 aliphatic heterocycles. The number of fused-ring (bicyclic) bond motifs is 1. The van der Waals surface area contributed by atoms with Crippen LogP contribution in [0.4, 0.5) is 5.69 Å². The smallest absolute Gasteiger partial charge is 0.329 e. The van der Waals surface area contributed by atoms with Crippen LogP contribution in [0.5, 0.6) is 5.88 Å². The Hall–Kier alpha value is -3.34. The van der Waals surface area contributed by atoms with E-state index < -0.39 is 0 Å². The molecule has 24 heavy (non-hydrogen) atoms. The summed E-state index contributed by atoms with van der Waals surface area (Å²) < 4.78 is 1.32. The predicted molar refractivity (Wildman–Crippen MR) is 94.7 cm³/mol. The monoisotopic (exact) mass is 317 g/mol. The van der Waals surface area contributed by atoms with Gasteiger partial charge in [0.15, 0.2) is 0 Å². The number of hydrogen-bond donors (Lipinski definition) is 2. The van der Waals surface area contributed by atoms with Crippen LogP contribution in [-0.4, -0.2) is 20.9 Å². The average Bonchev–Trinajstić information content (AvgIpc) is 3.13. The summed E-state index contributed by atoms with van der Waals surface area (Å²) in [6.45, 7) is 0.315. The Balaban J connectivity index is 1.72. The third kappa shape index (κ3) is 2.46. The van der Waals surface area contributed by atoms with E-state index in [2.05, 4.69) is 9.98 Å². The standard InChI is InChI=1S/C19H15N3O2/c23-18-17(10-14-11-20-16-9-5-4-8-15(14)16)21-19(24)22(18)12-13-6-2-1-3-7-13/h1-11,23H,12H2,(H,21,24). The molecular weight excluding hydrogens is 302 g/mol. The summed E-state index contributed by atoms with van der Waals surface area (Å²) in [4.78, 5) is 19.2. The zero-order valence-corrected chi connectivity index (χ0v) is 12.8. The number of nitrogens with zero attached hydrogens (tertiary/aromatic N) is 2. The zero-order chi connectivity index (χ0) is 16.5. The van der Waals surface area contributed by atoms with Crippen molar-refractivity contribution in [2.45, 2.75) is 6.54 Å². The molecular formula is C19H15N3O2. The van der Waals surface area contributed by atoms with Gasteiger partial charge in [0.2, 0.25) is 5.88 Å². The van der Waals surface area contributed by atoms with Crippen LogP contribution in [0.25, 0.3) is 11.6 Å². The van der Waals surface area contributed by atoms with Gasteiger partial charge in [-0.05, 0) is 17.7 Å². The maximum atomic E-state index is 12.2. The third-order valence-corrected chi connectivity index (χ3v) is 4.02. The number of aromatic nitrogens is 2. The minimum absolute atomic E-state index is 0.0749. The Morgan fingerprint density at radius 1 is 1.08 bits per heavy atom. The van der Waals surface area contributed by atoms with Gasteiger partial charge in [-0.1, -0.05) is 48.5 Å². The van der Waals surface area contributed by atoms with E-state index in [0.29, 0.717) is 12.2 Å². The molecule has 0 fully saturated rings. The molecule has 1 aliphatic rings. The summed E-state index contributed by atoms with van der Waals surface area (Å²) in [6.07, 6.45) is 3.48. The van der Waals surface area contributed by atoms with Crippen molar-refractivity contribution in [2.24, 2.45) is 4.99 Å². The normalized spacial score (nSPS) is 14.2. The number of nitrogens with one attached hydrogen (secondary N) is 1. The van der Waals surface area contributed by atoms with Crippen LogP contribution >= 0.6 is 0 Å². The quantitative estimate of drug-likeness (QED) is 0.779. The molecule has 0 spiro atoms. The van der Waals surface area contributed by atoms with Gasteiger partial charge in [0.05, 0.1) is 12.2 Å². The SMILES string of the molecule is O=c1[nH]c(C=C2C=Nc3ccccc32)c(O)n1Cc1ccccc1. The molecule has 0 amide bonds. The van der Waals surface area contributed by atoms with Crippen molar-refractivity contribution in [1.82, 2.24) is 9.55 Å². The molecule has 2 N–H and O–H groups in total. The second kappa shape index (κ2) is 5.70. The van der Waals surface area contributed by atoms with Gasteiger partial charge in [-0.2, -0.15) is 0 Å². The Labute approximate surface area is 138 Å². The van der Waals surface area contributed by atoms with Crippen LogP contribution in [0, 0.1) is 0 Å². The number of aromatic amines is 1. The van der Waals surface area contributed by atoms with Gasteiger partial charge in [-0.15, -0.1) is 0 Å². The van der Waals surface area contributed by atoms with Gasteiger partial charge >= 0.3 is 5.69 Å².